The van der Waals surface area contributed by atoms with E-state index >= 15 is 0 Å². The molecule has 1 atom stereocenters. The van der Waals surface area contributed by atoms with E-state index in [1.54, 1.807) is 35.6 Å². The predicted octanol–water partition coefficient (Wildman–Crippen LogP) is 4.79. The third-order valence-electron chi connectivity index (χ3n) is 3.63. The average molecular weight is 353 g/mol. The molecule has 1 N–H and O–H groups in total. The van der Waals surface area contributed by atoms with E-state index in [4.69, 9.17) is 16.9 Å². The number of hydrogen-bond acceptors (Lipinski definition) is 3. The van der Waals surface area contributed by atoms with E-state index in [2.05, 4.69) is 5.32 Å². The molecule has 0 saturated heterocycles. The van der Waals surface area contributed by atoms with Gasteiger partial charge in [-0.25, -0.2) is 0 Å². The summed E-state index contributed by atoms with van der Waals surface area (Å²) in [4.78, 5) is 12.6. The first-order valence-corrected chi connectivity index (χ1v) is 8.58. The molecule has 0 spiro atoms. The summed E-state index contributed by atoms with van der Waals surface area (Å²) in [6, 6.07) is 17.8. The maximum absolute atomic E-state index is 12.6. The van der Waals surface area contributed by atoms with E-state index in [1.807, 2.05) is 47.2 Å². The highest BCUT2D eigenvalue weighted by atomic mass is 35.5. The second-order valence-electron chi connectivity index (χ2n) is 5.20. The summed E-state index contributed by atoms with van der Waals surface area (Å²) in [6.07, 6.45) is 0. The lowest BCUT2D eigenvalue weighted by Gasteiger charge is -2.19. The molecular weight excluding hydrogens is 340 g/mol. The third kappa shape index (κ3) is 3.65. The zero-order chi connectivity index (χ0) is 16.9. The summed E-state index contributed by atoms with van der Waals surface area (Å²) in [5.41, 5.74) is 3.02. The van der Waals surface area contributed by atoms with E-state index in [-0.39, 0.29) is 11.9 Å². The minimum absolute atomic E-state index is 0.189. The molecule has 0 aliphatic rings. The number of hydrogen-bond donors (Lipinski definition) is 1. The Labute approximate surface area is 149 Å². The van der Waals surface area contributed by atoms with Crippen LogP contribution in [0.4, 0.5) is 0 Å². The molecule has 24 heavy (non-hydrogen) atoms. The molecule has 5 heteroatoms. The van der Waals surface area contributed by atoms with Crippen LogP contribution in [0, 0.1) is 11.3 Å². The second kappa shape index (κ2) is 7.31. The van der Waals surface area contributed by atoms with Crippen LogP contribution in [0.1, 0.15) is 33.1 Å². The van der Waals surface area contributed by atoms with Gasteiger partial charge in [-0.2, -0.15) is 16.6 Å². The fourth-order valence-corrected chi connectivity index (χ4v) is 3.18. The first kappa shape index (κ1) is 16.3. The number of amides is 1. The van der Waals surface area contributed by atoms with Gasteiger partial charge in [-0.1, -0.05) is 23.7 Å². The highest BCUT2D eigenvalue weighted by molar-refractivity contribution is 7.08. The molecule has 0 aliphatic carbocycles. The summed E-state index contributed by atoms with van der Waals surface area (Å²) in [5.74, 6) is -0.189. The van der Waals surface area contributed by atoms with Crippen molar-refractivity contribution in [2.75, 3.05) is 0 Å². The largest absolute Gasteiger partial charge is 0.341 e. The second-order valence-corrected chi connectivity index (χ2v) is 6.42. The number of nitrogens with one attached hydrogen (secondary N) is 1. The summed E-state index contributed by atoms with van der Waals surface area (Å²) in [5, 5.41) is 16.5. The molecule has 1 heterocycles. The van der Waals surface area contributed by atoms with Crippen molar-refractivity contribution < 1.29 is 4.79 Å². The molecule has 2 aromatic carbocycles. The summed E-state index contributed by atoms with van der Waals surface area (Å²) < 4.78 is 0. The first-order valence-electron chi connectivity index (χ1n) is 7.26. The smallest absolute Gasteiger partial charge is 0.252 e. The topological polar surface area (TPSA) is 52.9 Å². The Kier molecular flexibility index (Phi) is 4.95. The van der Waals surface area contributed by atoms with Gasteiger partial charge < -0.3 is 5.32 Å². The molecule has 0 aliphatic heterocycles. The number of carbonyl (C=O) groups is 1. The summed E-state index contributed by atoms with van der Waals surface area (Å²) in [7, 11) is 0. The molecule has 3 rings (SSSR count). The minimum atomic E-state index is -0.253. The van der Waals surface area contributed by atoms with Crippen molar-refractivity contribution in [2.45, 2.75) is 6.04 Å². The molecular formula is C19H13ClN2OS. The van der Waals surface area contributed by atoms with E-state index in [1.165, 1.54) is 0 Å². The van der Waals surface area contributed by atoms with Gasteiger partial charge in [-0.3, -0.25) is 4.79 Å². The summed E-state index contributed by atoms with van der Waals surface area (Å²) in [6.45, 7) is 0. The predicted molar refractivity (Wildman–Crippen MR) is 96.2 cm³/mol. The Morgan fingerprint density at radius 3 is 2.33 bits per heavy atom. The standard InChI is InChI=1S/C19H13ClN2OS/c20-17-7-5-14(6-8-17)18(16-9-10-24-12-16)22-19(23)15-3-1-13(11-21)2-4-15/h1-10,12,18H,(H,22,23). The van der Waals surface area contributed by atoms with Crippen LogP contribution < -0.4 is 5.32 Å². The van der Waals surface area contributed by atoms with Gasteiger partial charge >= 0.3 is 0 Å². The minimum Gasteiger partial charge on any atom is -0.341 e. The highest BCUT2D eigenvalue weighted by Crippen LogP contribution is 2.25. The number of rotatable bonds is 4. The number of thiophene rings is 1. The van der Waals surface area contributed by atoms with Crippen molar-refractivity contribution in [3.8, 4) is 6.07 Å². The molecule has 0 radical (unpaired) electrons. The Hall–Kier alpha value is -2.61. The Balaban J connectivity index is 1.87. The van der Waals surface area contributed by atoms with Crippen molar-refractivity contribution in [3.05, 3.63) is 92.6 Å². The number of nitrogens with zero attached hydrogens (tertiary/aromatic N) is 1. The summed E-state index contributed by atoms with van der Waals surface area (Å²) >= 11 is 7.54. The van der Waals surface area contributed by atoms with Crippen LogP contribution in [0.25, 0.3) is 0 Å². The van der Waals surface area contributed by atoms with Crippen LogP contribution in [-0.2, 0) is 0 Å². The molecule has 3 aromatic rings. The fraction of sp³-hybridized carbons (Fsp3) is 0.0526. The highest BCUT2D eigenvalue weighted by Gasteiger charge is 2.18. The molecule has 0 bridgehead atoms. The van der Waals surface area contributed by atoms with Gasteiger partial charge in [0.2, 0.25) is 0 Å². The lowest BCUT2D eigenvalue weighted by molar-refractivity contribution is 0.0943. The molecule has 3 nitrogen and oxygen atoms in total. The van der Waals surface area contributed by atoms with Crippen LogP contribution in [0.3, 0.4) is 0 Å². The van der Waals surface area contributed by atoms with Gasteiger partial charge in [-0.15, -0.1) is 0 Å². The number of halogens is 1. The average Bonchev–Trinajstić information content (AvgIpc) is 3.15. The van der Waals surface area contributed by atoms with Crippen molar-refractivity contribution in [1.82, 2.24) is 5.32 Å². The maximum Gasteiger partial charge on any atom is 0.252 e. The van der Waals surface area contributed by atoms with Gasteiger partial charge in [0, 0.05) is 10.6 Å². The normalized spacial score (nSPS) is 11.5. The number of nitriles is 1. The Morgan fingerprint density at radius 1 is 1.04 bits per heavy atom. The van der Waals surface area contributed by atoms with Gasteiger partial charge in [0.25, 0.3) is 5.91 Å². The number of benzene rings is 2. The van der Waals surface area contributed by atoms with Crippen molar-refractivity contribution in [2.24, 2.45) is 0 Å². The number of carbonyl (C=O) groups excluding carboxylic acids is 1. The van der Waals surface area contributed by atoms with E-state index < -0.39 is 0 Å². The quantitative estimate of drug-likeness (QED) is 0.733. The monoisotopic (exact) mass is 352 g/mol. The van der Waals surface area contributed by atoms with Crippen LogP contribution in [0.2, 0.25) is 5.02 Å². The third-order valence-corrected chi connectivity index (χ3v) is 4.58. The van der Waals surface area contributed by atoms with Gasteiger partial charge in [-0.05, 0) is 64.4 Å². The van der Waals surface area contributed by atoms with Crippen molar-refractivity contribution in [3.63, 3.8) is 0 Å². The molecule has 118 valence electrons. The molecule has 1 unspecified atom stereocenters. The van der Waals surface area contributed by atoms with Gasteiger partial charge in [0.1, 0.15) is 0 Å². The SMILES string of the molecule is N#Cc1ccc(C(=O)NC(c2ccc(Cl)cc2)c2ccsc2)cc1. The lowest BCUT2D eigenvalue weighted by Crippen LogP contribution is -2.29. The molecule has 0 saturated carbocycles. The van der Waals surface area contributed by atoms with Crippen LogP contribution >= 0.6 is 22.9 Å². The van der Waals surface area contributed by atoms with E-state index in [0.717, 1.165) is 11.1 Å². The van der Waals surface area contributed by atoms with E-state index in [9.17, 15) is 4.79 Å². The van der Waals surface area contributed by atoms with Crippen LogP contribution in [0.15, 0.2) is 65.4 Å². The van der Waals surface area contributed by atoms with Crippen molar-refractivity contribution >= 4 is 28.8 Å². The van der Waals surface area contributed by atoms with Crippen LogP contribution in [-0.4, -0.2) is 5.91 Å². The van der Waals surface area contributed by atoms with Gasteiger partial charge in [0.15, 0.2) is 0 Å². The zero-order valence-electron chi connectivity index (χ0n) is 12.6. The Morgan fingerprint density at radius 2 is 1.75 bits per heavy atom. The van der Waals surface area contributed by atoms with Crippen LogP contribution in [0.5, 0.6) is 0 Å². The Bertz CT molecular complexity index is 865. The first-order chi connectivity index (χ1) is 11.7. The molecule has 1 amide bonds. The maximum atomic E-state index is 12.6. The van der Waals surface area contributed by atoms with Crippen molar-refractivity contribution in [1.29, 1.82) is 5.26 Å². The van der Waals surface area contributed by atoms with Gasteiger partial charge in [0.05, 0.1) is 17.7 Å². The molecule has 0 fully saturated rings. The van der Waals surface area contributed by atoms with E-state index in [0.29, 0.717) is 16.1 Å². The molecule has 1 aromatic heterocycles. The lowest BCUT2D eigenvalue weighted by atomic mass is 10.0. The zero-order valence-corrected chi connectivity index (χ0v) is 14.1. The fourth-order valence-electron chi connectivity index (χ4n) is 2.36.